The molecule has 1 aliphatic heterocycles. The normalized spacial score (nSPS) is 21.7. The molecule has 4 atom stereocenters. The van der Waals surface area contributed by atoms with Crippen molar-refractivity contribution in [3.63, 3.8) is 0 Å². The molecule has 0 aromatic heterocycles. The molecule has 190 valence electrons. The Morgan fingerprint density at radius 2 is 1.31 bits per heavy atom. The molecule has 0 unspecified atom stereocenters. The molecule has 6 nitrogen and oxygen atoms in total. The van der Waals surface area contributed by atoms with Crippen LogP contribution in [0.1, 0.15) is 29.5 Å². The Hall–Kier alpha value is -3.03. The summed E-state index contributed by atoms with van der Waals surface area (Å²) in [5.41, 5.74) is 3.21. The predicted octanol–water partition coefficient (Wildman–Crippen LogP) is 5.13. The summed E-state index contributed by atoms with van der Waals surface area (Å²) in [5.74, 6) is 0.798. The summed E-state index contributed by atoms with van der Waals surface area (Å²) in [4.78, 5) is 11.4. The first-order valence-electron chi connectivity index (χ1n) is 12.4. The van der Waals surface area contributed by atoms with Gasteiger partial charge in [-0.1, -0.05) is 72.8 Å². The molecule has 0 radical (unpaired) electrons. The number of hydrogen-bond acceptors (Lipinski definition) is 6. The summed E-state index contributed by atoms with van der Waals surface area (Å²) < 4.78 is 30.2. The Balaban J connectivity index is 1.41. The van der Waals surface area contributed by atoms with Crippen molar-refractivity contribution >= 4 is 6.29 Å². The third kappa shape index (κ3) is 7.73. The molecule has 0 bridgehead atoms. The average Bonchev–Trinajstić information content (AvgIpc) is 2.93. The fraction of sp³-hybridized carbons (Fsp3) is 0.367. The topological polar surface area (TPSA) is 63.2 Å². The summed E-state index contributed by atoms with van der Waals surface area (Å²) in [6, 6.07) is 27.9. The zero-order valence-corrected chi connectivity index (χ0v) is 20.7. The van der Waals surface area contributed by atoms with E-state index < -0.39 is 0 Å². The van der Waals surface area contributed by atoms with E-state index >= 15 is 0 Å². The van der Waals surface area contributed by atoms with Crippen molar-refractivity contribution in [3.8, 4) is 5.75 Å². The van der Waals surface area contributed by atoms with Crippen molar-refractivity contribution in [2.24, 2.45) is 0 Å². The van der Waals surface area contributed by atoms with Crippen LogP contribution in [0.4, 0.5) is 0 Å². The number of benzene rings is 3. The van der Waals surface area contributed by atoms with Gasteiger partial charge in [0.2, 0.25) is 0 Å². The number of methoxy groups -OCH3 is 1. The standard InChI is InChI=1S/C30H34O6/c1-32-26-14-12-25(13-15-26)21-34-28-18-29(35-20-24-10-6-3-7-11-24)30(36-27(28)16-17-31)22-33-19-23-8-4-2-5-9-23/h2-15,17,27-30H,16,18-22H2,1H3/t27-,28+,29-,30+/m1/s1. The lowest BCUT2D eigenvalue weighted by Crippen LogP contribution is -2.51. The van der Waals surface area contributed by atoms with E-state index in [0.29, 0.717) is 32.8 Å². The molecule has 36 heavy (non-hydrogen) atoms. The van der Waals surface area contributed by atoms with E-state index in [1.807, 2.05) is 84.9 Å². The van der Waals surface area contributed by atoms with Crippen LogP contribution < -0.4 is 4.74 Å². The first-order chi connectivity index (χ1) is 17.7. The van der Waals surface area contributed by atoms with Crippen LogP contribution in [0.15, 0.2) is 84.9 Å². The molecule has 0 N–H and O–H groups in total. The second-order valence-electron chi connectivity index (χ2n) is 8.88. The minimum absolute atomic E-state index is 0.232. The maximum atomic E-state index is 11.4. The van der Waals surface area contributed by atoms with Gasteiger partial charge in [-0.25, -0.2) is 0 Å². The van der Waals surface area contributed by atoms with E-state index in [1.165, 1.54) is 0 Å². The van der Waals surface area contributed by atoms with Crippen LogP contribution in [0.5, 0.6) is 5.75 Å². The SMILES string of the molecule is COc1ccc(CO[C@H]2C[C@@H](OCc3ccccc3)[C@H](COCc3ccccc3)O[C@@H]2CC=O)cc1. The average molecular weight is 491 g/mol. The molecule has 0 saturated carbocycles. The molecule has 3 aromatic rings. The zero-order chi connectivity index (χ0) is 25.0. The maximum absolute atomic E-state index is 11.4. The van der Waals surface area contributed by atoms with Gasteiger partial charge < -0.3 is 28.5 Å². The molecule has 1 heterocycles. The second kappa shape index (κ2) is 13.9. The summed E-state index contributed by atoms with van der Waals surface area (Å²) in [7, 11) is 1.64. The van der Waals surface area contributed by atoms with E-state index in [9.17, 15) is 4.79 Å². The Labute approximate surface area is 213 Å². The van der Waals surface area contributed by atoms with Crippen molar-refractivity contribution in [1.82, 2.24) is 0 Å². The van der Waals surface area contributed by atoms with E-state index in [-0.39, 0.29) is 30.8 Å². The lowest BCUT2D eigenvalue weighted by Gasteiger charge is -2.40. The first-order valence-corrected chi connectivity index (χ1v) is 12.4. The van der Waals surface area contributed by atoms with Gasteiger partial charge >= 0.3 is 0 Å². The van der Waals surface area contributed by atoms with Crippen LogP contribution in [0, 0.1) is 0 Å². The van der Waals surface area contributed by atoms with Gasteiger partial charge in [-0.05, 0) is 28.8 Å². The van der Waals surface area contributed by atoms with Crippen LogP contribution in [0.3, 0.4) is 0 Å². The predicted molar refractivity (Wildman–Crippen MR) is 137 cm³/mol. The van der Waals surface area contributed by atoms with Gasteiger partial charge in [0.05, 0.1) is 51.8 Å². The molecule has 1 saturated heterocycles. The third-order valence-corrected chi connectivity index (χ3v) is 6.30. The lowest BCUT2D eigenvalue weighted by molar-refractivity contribution is -0.215. The minimum atomic E-state index is -0.359. The molecule has 6 heteroatoms. The van der Waals surface area contributed by atoms with Crippen LogP contribution in [-0.2, 0) is 43.6 Å². The summed E-state index contributed by atoms with van der Waals surface area (Å²) in [6.07, 6.45) is 0.593. The Morgan fingerprint density at radius 3 is 1.89 bits per heavy atom. The summed E-state index contributed by atoms with van der Waals surface area (Å²) >= 11 is 0. The molecule has 3 aromatic carbocycles. The van der Waals surface area contributed by atoms with Gasteiger partial charge in [0.25, 0.3) is 0 Å². The van der Waals surface area contributed by atoms with Crippen molar-refractivity contribution in [1.29, 1.82) is 0 Å². The number of aldehydes is 1. The highest BCUT2D eigenvalue weighted by Gasteiger charge is 2.39. The Morgan fingerprint density at radius 1 is 0.750 bits per heavy atom. The van der Waals surface area contributed by atoms with Gasteiger partial charge in [-0.2, -0.15) is 0 Å². The van der Waals surface area contributed by atoms with Crippen molar-refractivity contribution in [2.45, 2.75) is 57.1 Å². The highest BCUT2D eigenvalue weighted by molar-refractivity contribution is 5.50. The van der Waals surface area contributed by atoms with Crippen molar-refractivity contribution in [3.05, 3.63) is 102 Å². The van der Waals surface area contributed by atoms with E-state index in [2.05, 4.69) is 0 Å². The van der Waals surface area contributed by atoms with Gasteiger partial charge in [-0.3, -0.25) is 0 Å². The number of hydrogen-bond donors (Lipinski definition) is 0. The number of carbonyl (C=O) groups excluding carboxylic acids is 1. The third-order valence-electron chi connectivity index (χ3n) is 6.30. The highest BCUT2D eigenvalue weighted by atomic mass is 16.6. The van der Waals surface area contributed by atoms with Crippen LogP contribution in [0.2, 0.25) is 0 Å². The highest BCUT2D eigenvalue weighted by Crippen LogP contribution is 2.29. The number of ether oxygens (including phenoxy) is 5. The number of carbonyl (C=O) groups is 1. The van der Waals surface area contributed by atoms with E-state index in [1.54, 1.807) is 7.11 Å². The maximum Gasteiger partial charge on any atom is 0.122 e. The monoisotopic (exact) mass is 490 g/mol. The van der Waals surface area contributed by atoms with E-state index in [4.69, 9.17) is 23.7 Å². The van der Waals surface area contributed by atoms with Crippen LogP contribution in [0.25, 0.3) is 0 Å². The van der Waals surface area contributed by atoms with Crippen LogP contribution >= 0.6 is 0 Å². The Kier molecular flexibility index (Phi) is 10.1. The number of rotatable bonds is 13. The van der Waals surface area contributed by atoms with E-state index in [0.717, 1.165) is 28.7 Å². The van der Waals surface area contributed by atoms with Crippen LogP contribution in [-0.4, -0.2) is 44.4 Å². The summed E-state index contributed by atoms with van der Waals surface area (Å²) in [6.45, 7) is 1.73. The minimum Gasteiger partial charge on any atom is -0.497 e. The van der Waals surface area contributed by atoms with Gasteiger partial charge in [-0.15, -0.1) is 0 Å². The molecule has 0 spiro atoms. The first kappa shape index (κ1) is 26.0. The molecule has 4 rings (SSSR count). The van der Waals surface area contributed by atoms with Crippen molar-refractivity contribution < 1.29 is 28.5 Å². The molecule has 1 aliphatic rings. The largest absolute Gasteiger partial charge is 0.497 e. The molecule has 0 aliphatic carbocycles. The van der Waals surface area contributed by atoms with Gasteiger partial charge in [0, 0.05) is 12.8 Å². The lowest BCUT2D eigenvalue weighted by atomic mass is 9.96. The van der Waals surface area contributed by atoms with Gasteiger partial charge in [0.1, 0.15) is 18.1 Å². The zero-order valence-electron chi connectivity index (χ0n) is 20.7. The fourth-order valence-electron chi connectivity index (χ4n) is 4.30. The molecular formula is C30H34O6. The smallest absolute Gasteiger partial charge is 0.122 e. The Bertz CT molecular complexity index is 1020. The quantitative estimate of drug-likeness (QED) is 0.310. The molecule has 0 amide bonds. The molecular weight excluding hydrogens is 456 g/mol. The molecule has 1 fully saturated rings. The fourth-order valence-corrected chi connectivity index (χ4v) is 4.30. The second-order valence-corrected chi connectivity index (χ2v) is 8.88. The van der Waals surface area contributed by atoms with Crippen molar-refractivity contribution in [2.75, 3.05) is 13.7 Å². The summed E-state index contributed by atoms with van der Waals surface area (Å²) in [5, 5.41) is 0. The van der Waals surface area contributed by atoms with Gasteiger partial charge in [0.15, 0.2) is 0 Å².